The molecule has 0 amide bonds. The Morgan fingerprint density at radius 1 is 0.593 bits per heavy atom. The lowest BCUT2D eigenvalue weighted by Gasteiger charge is -2.16. The molecule has 5 heteroatoms. The molecule has 0 aliphatic rings. The molecule has 0 radical (unpaired) electrons. The highest BCUT2D eigenvalue weighted by molar-refractivity contribution is 6.27. The molecular formula is C49H46N4O. The lowest BCUT2D eigenvalue weighted by molar-refractivity contribution is 0.214. The molecule has 0 atom stereocenters. The van der Waals surface area contributed by atoms with Crippen LogP contribution in [0.1, 0.15) is 26.3 Å². The first-order valence-electron chi connectivity index (χ1n) is 17.8. The molecule has 0 bridgehead atoms. The van der Waals surface area contributed by atoms with Gasteiger partial charge >= 0.3 is 0 Å². The highest BCUT2D eigenvalue weighted by Gasteiger charge is 2.15. The van der Waals surface area contributed by atoms with Gasteiger partial charge in [-0.15, -0.1) is 0 Å². The Kier molecular flexibility index (Phi) is 13.7. The minimum atomic E-state index is 0.803. The molecule has 2 N–H and O–H groups in total. The average molecular weight is 707 g/mol. The zero-order valence-electron chi connectivity index (χ0n) is 31.4. The summed E-state index contributed by atoms with van der Waals surface area (Å²) in [4.78, 5) is 12.3. The molecule has 0 fully saturated rings. The number of hydroxylamine groups is 1. The Hall–Kier alpha value is -6.69. The normalized spacial score (nSPS) is 10.9. The van der Waals surface area contributed by atoms with E-state index in [1.165, 1.54) is 71.9 Å². The van der Waals surface area contributed by atoms with Crippen LogP contribution in [-0.4, -0.2) is 20.2 Å². The molecule has 3 aromatic heterocycles. The Balaban J connectivity index is 0.000000231. The summed E-state index contributed by atoms with van der Waals surface area (Å²) < 4.78 is 0. The van der Waals surface area contributed by atoms with Crippen molar-refractivity contribution in [3.63, 3.8) is 0 Å². The van der Waals surface area contributed by atoms with Crippen molar-refractivity contribution < 1.29 is 5.21 Å². The number of aryl methyl sites for hydroxylation is 1. The summed E-state index contributed by atoms with van der Waals surface area (Å²) >= 11 is 0. The molecule has 0 saturated heterocycles. The van der Waals surface area contributed by atoms with Crippen molar-refractivity contribution in [2.75, 3.05) is 0 Å². The van der Waals surface area contributed by atoms with E-state index >= 15 is 0 Å². The van der Waals surface area contributed by atoms with Gasteiger partial charge in [-0.25, -0.2) is 0 Å². The maximum atomic E-state index is 8.20. The van der Waals surface area contributed by atoms with E-state index in [1.54, 1.807) is 18.5 Å². The van der Waals surface area contributed by atoms with Crippen LogP contribution in [0.25, 0.3) is 65.7 Å². The lowest BCUT2D eigenvalue weighted by Crippen LogP contribution is -1.96. The first-order valence-corrected chi connectivity index (χ1v) is 17.8. The second-order valence-electron chi connectivity index (χ2n) is 12.6. The molecule has 8 rings (SSSR count). The SMILES string of the molecule is C/C=C\C.C=C/C(=C\NO)C(=C)C.Cc1ccncc1.c1cncc(-c2ccc3ccc4c(-c5ccc(-c6ccncc6)cc5)ccc5ccc2c3c54)c1. The molecule has 5 aromatic carbocycles. The number of nitrogens with one attached hydrogen (secondary N) is 1. The van der Waals surface area contributed by atoms with Crippen molar-refractivity contribution in [2.45, 2.75) is 27.7 Å². The smallest absolute Gasteiger partial charge is 0.0346 e. The van der Waals surface area contributed by atoms with Gasteiger partial charge in [0.1, 0.15) is 0 Å². The van der Waals surface area contributed by atoms with Gasteiger partial charge in [0.05, 0.1) is 0 Å². The molecule has 5 nitrogen and oxygen atoms in total. The molecule has 54 heavy (non-hydrogen) atoms. The van der Waals surface area contributed by atoms with E-state index in [2.05, 4.69) is 107 Å². The van der Waals surface area contributed by atoms with Gasteiger partial charge in [0.25, 0.3) is 0 Å². The molecule has 0 aliphatic carbocycles. The summed E-state index contributed by atoms with van der Waals surface area (Å²) in [5.41, 5.74) is 12.1. The molecule has 0 unspecified atom stereocenters. The zero-order chi connectivity index (χ0) is 38.3. The summed E-state index contributed by atoms with van der Waals surface area (Å²) in [5, 5.41) is 16.0. The summed E-state index contributed by atoms with van der Waals surface area (Å²) in [6, 6.07) is 39.0. The fourth-order valence-electron chi connectivity index (χ4n) is 6.07. The second kappa shape index (κ2) is 19.2. The van der Waals surface area contributed by atoms with Crippen molar-refractivity contribution in [1.29, 1.82) is 0 Å². The molecule has 8 aromatic rings. The van der Waals surface area contributed by atoms with E-state index in [1.807, 2.05) is 100 Å². The van der Waals surface area contributed by atoms with E-state index in [-0.39, 0.29) is 0 Å². The highest BCUT2D eigenvalue weighted by Crippen LogP contribution is 2.42. The first-order chi connectivity index (χ1) is 26.4. The van der Waals surface area contributed by atoms with Crippen LogP contribution in [0.5, 0.6) is 0 Å². The fourth-order valence-corrected chi connectivity index (χ4v) is 6.07. The van der Waals surface area contributed by atoms with Crippen LogP contribution in [-0.2, 0) is 0 Å². The third-order valence-electron chi connectivity index (χ3n) is 8.96. The van der Waals surface area contributed by atoms with Crippen molar-refractivity contribution in [3.8, 4) is 33.4 Å². The van der Waals surface area contributed by atoms with Crippen LogP contribution >= 0.6 is 0 Å². The highest BCUT2D eigenvalue weighted by atomic mass is 16.5. The lowest BCUT2D eigenvalue weighted by atomic mass is 9.87. The summed E-state index contributed by atoms with van der Waals surface area (Å²) in [7, 11) is 0. The van der Waals surface area contributed by atoms with Crippen molar-refractivity contribution in [1.82, 2.24) is 20.4 Å². The molecular weight excluding hydrogens is 661 g/mol. The van der Waals surface area contributed by atoms with Crippen LogP contribution in [0.15, 0.2) is 195 Å². The maximum Gasteiger partial charge on any atom is 0.0346 e. The fraction of sp³-hybridized carbons (Fsp3) is 0.0816. The Morgan fingerprint density at radius 2 is 1.09 bits per heavy atom. The second-order valence-corrected chi connectivity index (χ2v) is 12.6. The van der Waals surface area contributed by atoms with Crippen LogP contribution in [0.4, 0.5) is 0 Å². The Morgan fingerprint density at radius 3 is 1.52 bits per heavy atom. The van der Waals surface area contributed by atoms with Crippen LogP contribution in [0.3, 0.4) is 0 Å². The first kappa shape index (κ1) is 38.5. The Bertz CT molecular complexity index is 2470. The van der Waals surface area contributed by atoms with Crippen LogP contribution in [0.2, 0.25) is 0 Å². The van der Waals surface area contributed by atoms with Gasteiger partial charge in [-0.2, -0.15) is 0 Å². The van der Waals surface area contributed by atoms with E-state index in [9.17, 15) is 0 Å². The molecule has 0 spiro atoms. The van der Waals surface area contributed by atoms with E-state index in [4.69, 9.17) is 5.21 Å². The van der Waals surface area contributed by atoms with Crippen LogP contribution < -0.4 is 5.48 Å². The van der Waals surface area contributed by atoms with E-state index in [0.29, 0.717) is 0 Å². The van der Waals surface area contributed by atoms with Crippen LogP contribution in [0, 0.1) is 6.92 Å². The third kappa shape index (κ3) is 9.39. The van der Waals surface area contributed by atoms with Crippen molar-refractivity contribution in [3.05, 3.63) is 201 Å². The minimum Gasteiger partial charge on any atom is -0.292 e. The van der Waals surface area contributed by atoms with Gasteiger partial charge in [-0.05, 0) is 135 Å². The maximum absolute atomic E-state index is 8.20. The third-order valence-corrected chi connectivity index (χ3v) is 8.96. The molecule has 268 valence electrons. The van der Waals surface area contributed by atoms with Crippen molar-refractivity contribution >= 4 is 32.3 Å². The summed E-state index contributed by atoms with van der Waals surface area (Å²) in [6.07, 6.45) is 18.1. The number of rotatable bonds is 6. The standard InChI is InChI=1S/C32H20N2.C7H11NO.C6H7N.C4H8/c1-2-26(20-34-17-1)28-12-8-25-9-13-29-27(11-7-24-10-14-30(28)32(25)31(24)29)23-5-3-21(4-6-23)22-15-18-33-19-16-22;1-4-7(5-8-9)6(2)3;1-6-2-4-7-5-3-6;1-3-4-2/h1-20H;4-5,8-9H,1-2H2,3H3;2-5H,1H3;3-4H,1-2H3/b;7-5+;;4-3-. The monoisotopic (exact) mass is 706 g/mol. The quantitative estimate of drug-likeness (QED) is 0.0779. The van der Waals surface area contributed by atoms with Gasteiger partial charge < -0.3 is 0 Å². The number of hydrogen-bond donors (Lipinski definition) is 2. The molecule has 0 aliphatic heterocycles. The number of benzene rings is 5. The van der Waals surface area contributed by atoms with Gasteiger partial charge in [-0.3, -0.25) is 25.6 Å². The topological polar surface area (TPSA) is 70.9 Å². The van der Waals surface area contributed by atoms with E-state index < -0.39 is 0 Å². The number of nitrogens with zero attached hydrogens (tertiary/aromatic N) is 3. The molecule has 3 heterocycles. The Labute approximate surface area is 318 Å². The minimum absolute atomic E-state index is 0.803. The largest absolute Gasteiger partial charge is 0.292 e. The number of aromatic nitrogens is 3. The van der Waals surface area contributed by atoms with Gasteiger partial charge in [0.2, 0.25) is 0 Å². The molecule has 0 saturated carbocycles. The van der Waals surface area contributed by atoms with Gasteiger partial charge in [-0.1, -0.05) is 110 Å². The van der Waals surface area contributed by atoms with Gasteiger partial charge in [0, 0.05) is 48.9 Å². The average Bonchev–Trinajstić information content (AvgIpc) is 3.23. The number of pyridine rings is 3. The predicted molar refractivity (Wildman–Crippen MR) is 230 cm³/mol. The number of allylic oxidation sites excluding steroid dienone is 5. The van der Waals surface area contributed by atoms with E-state index in [0.717, 1.165) is 16.7 Å². The number of hydrogen-bond acceptors (Lipinski definition) is 5. The van der Waals surface area contributed by atoms with Crippen molar-refractivity contribution in [2.24, 2.45) is 0 Å². The zero-order valence-corrected chi connectivity index (χ0v) is 31.4. The summed E-state index contributed by atoms with van der Waals surface area (Å²) in [5.74, 6) is 0. The summed E-state index contributed by atoms with van der Waals surface area (Å²) in [6.45, 7) is 15.1. The predicted octanol–water partition coefficient (Wildman–Crippen LogP) is 13.0. The van der Waals surface area contributed by atoms with Gasteiger partial charge in [0.15, 0.2) is 0 Å².